The quantitative estimate of drug-likeness (QED) is 0.620. The van der Waals surface area contributed by atoms with Crippen LogP contribution in [0.4, 0.5) is 10.6 Å². The Hall–Kier alpha value is -0.760. The Kier molecular flexibility index (Phi) is 5.26. The first-order valence-corrected chi connectivity index (χ1v) is 5.84. The summed E-state index contributed by atoms with van der Waals surface area (Å²) >= 11 is 4.14. The molecule has 2 aromatic heterocycles. The second kappa shape index (κ2) is 6.13. The molecule has 2 heterocycles. The molecule has 6 nitrogen and oxygen atoms in total. The minimum atomic E-state index is -0.549. The van der Waals surface area contributed by atoms with Crippen molar-refractivity contribution < 1.29 is 9.53 Å². The maximum absolute atomic E-state index is 11.6. The number of amides is 1. The molecular weight excluding hydrogens is 275 g/mol. The fraction of sp³-hybridized carbons (Fsp3) is 0.364. The summed E-state index contributed by atoms with van der Waals surface area (Å²) in [6.45, 7) is 5.39. The van der Waals surface area contributed by atoms with Gasteiger partial charge in [-0.15, -0.1) is 12.6 Å². The average Bonchev–Trinajstić information content (AvgIpc) is 2.58. The molecule has 0 fully saturated rings. The summed E-state index contributed by atoms with van der Waals surface area (Å²) in [5.41, 5.74) is 0.0750. The Morgan fingerprint density at radius 1 is 1.42 bits per heavy atom. The van der Waals surface area contributed by atoms with Crippen molar-refractivity contribution in [3.63, 3.8) is 0 Å². The number of nitrogens with zero attached hydrogens (tertiary/aromatic N) is 3. The molecule has 0 aliphatic carbocycles. The molecule has 8 heteroatoms. The summed E-state index contributed by atoms with van der Waals surface area (Å²) in [5.74, 6) is 0.440. The number of nitrogens with one attached hydrogen (secondary N) is 1. The van der Waals surface area contributed by atoms with Crippen molar-refractivity contribution in [1.29, 1.82) is 0 Å². The fourth-order valence-electron chi connectivity index (χ4n) is 1.36. The number of aromatic nitrogens is 3. The fourth-order valence-corrected chi connectivity index (χ4v) is 1.52. The van der Waals surface area contributed by atoms with Crippen molar-refractivity contribution in [2.75, 3.05) is 5.32 Å². The van der Waals surface area contributed by atoms with E-state index in [0.29, 0.717) is 16.5 Å². The number of carbonyl (C=O) groups excluding carboxylic acids is 1. The van der Waals surface area contributed by atoms with Gasteiger partial charge in [-0.05, 0) is 32.9 Å². The molecule has 0 radical (unpaired) electrons. The third-order valence-corrected chi connectivity index (χ3v) is 2.22. The van der Waals surface area contributed by atoms with Gasteiger partial charge in [0.05, 0.1) is 6.20 Å². The number of imidazole rings is 1. The van der Waals surface area contributed by atoms with Gasteiger partial charge in [0.15, 0.2) is 11.5 Å². The van der Waals surface area contributed by atoms with E-state index < -0.39 is 11.7 Å². The Balaban J connectivity index is 0.00000180. The predicted octanol–water partition coefficient (Wildman–Crippen LogP) is 1.72. The molecule has 0 spiro atoms. The van der Waals surface area contributed by atoms with Crippen LogP contribution in [0.3, 0.4) is 0 Å². The van der Waals surface area contributed by atoms with Gasteiger partial charge < -0.3 is 4.74 Å². The van der Waals surface area contributed by atoms with E-state index >= 15 is 0 Å². The molecule has 98 valence electrons. The third kappa shape index (κ3) is 4.38. The van der Waals surface area contributed by atoms with Crippen molar-refractivity contribution in [3.05, 3.63) is 18.3 Å². The van der Waals surface area contributed by atoms with Gasteiger partial charge in [-0.3, -0.25) is 5.32 Å². The van der Waals surface area contributed by atoms with Gasteiger partial charge in [-0.1, -0.05) is 0 Å². The summed E-state index contributed by atoms with van der Waals surface area (Å²) in [6.07, 6.45) is 0.968. The molecule has 0 aliphatic rings. The molecule has 1 N–H and O–H groups in total. The summed E-state index contributed by atoms with van der Waals surface area (Å²) < 4.78 is 6.64. The molecule has 2 rings (SSSR count). The van der Waals surface area contributed by atoms with Gasteiger partial charge >= 0.3 is 35.7 Å². The molecule has 0 atom stereocenters. The van der Waals surface area contributed by atoms with E-state index in [0.717, 1.165) is 0 Å². The van der Waals surface area contributed by atoms with Gasteiger partial charge in [0.25, 0.3) is 0 Å². The van der Waals surface area contributed by atoms with Crippen molar-refractivity contribution in [2.24, 2.45) is 0 Å². The number of ether oxygens (including phenoxy) is 1. The van der Waals surface area contributed by atoms with E-state index in [-0.39, 0.29) is 29.6 Å². The first-order chi connectivity index (χ1) is 8.35. The number of hydrogen-bond donors (Lipinski definition) is 2. The van der Waals surface area contributed by atoms with Gasteiger partial charge in [0.2, 0.25) is 0 Å². The molecule has 0 aliphatic heterocycles. The summed E-state index contributed by atoms with van der Waals surface area (Å²) in [6, 6.07) is 3.48. The number of rotatable bonds is 1. The van der Waals surface area contributed by atoms with Crippen molar-refractivity contribution in [3.8, 4) is 0 Å². The van der Waals surface area contributed by atoms with Crippen LogP contribution < -0.4 is 5.32 Å². The second-order valence-corrected chi connectivity index (χ2v) is 5.19. The van der Waals surface area contributed by atoms with E-state index in [2.05, 4.69) is 28.0 Å². The zero-order valence-corrected chi connectivity index (χ0v) is 11.2. The zero-order valence-electron chi connectivity index (χ0n) is 10.3. The number of anilines is 1. The molecule has 0 saturated heterocycles. The Bertz CT molecular complexity index is 594. The van der Waals surface area contributed by atoms with Crippen molar-refractivity contribution in [1.82, 2.24) is 14.6 Å². The van der Waals surface area contributed by atoms with Gasteiger partial charge in [-0.2, -0.15) is 9.61 Å². The number of hydrogen-bond acceptors (Lipinski definition) is 5. The summed E-state index contributed by atoms with van der Waals surface area (Å²) in [5, 5.41) is 7.26. The van der Waals surface area contributed by atoms with Crippen LogP contribution in [0.2, 0.25) is 0 Å². The second-order valence-electron chi connectivity index (χ2n) is 4.73. The maximum atomic E-state index is 11.6. The number of thiol groups is 1. The monoisotopic (exact) mass is 290 g/mol. The van der Waals surface area contributed by atoms with Crippen molar-refractivity contribution >= 4 is 59.7 Å². The predicted molar refractivity (Wildman–Crippen MR) is 77.2 cm³/mol. The van der Waals surface area contributed by atoms with Crippen LogP contribution in [0.15, 0.2) is 23.4 Å². The standard InChI is InChI=1S/C11H14N4O2S.Na.H/c1-11(2,3)17-10(16)13-8-6-12-7-4-5-9(18)14-15(7)8;;/h4-6H,1-3H3,(H,13,16)(H,14,18);;. The minimum absolute atomic E-state index is 0. The van der Waals surface area contributed by atoms with Gasteiger partial charge in [0, 0.05) is 0 Å². The molecule has 0 bridgehead atoms. The van der Waals surface area contributed by atoms with E-state index in [4.69, 9.17) is 4.74 Å². The molecule has 19 heavy (non-hydrogen) atoms. The van der Waals surface area contributed by atoms with Crippen LogP contribution in [0.25, 0.3) is 5.65 Å². The van der Waals surface area contributed by atoms with Gasteiger partial charge in [-0.25, -0.2) is 9.78 Å². The molecule has 1 amide bonds. The van der Waals surface area contributed by atoms with Gasteiger partial charge in [0.1, 0.15) is 10.6 Å². The van der Waals surface area contributed by atoms with E-state index in [1.807, 2.05) is 0 Å². The zero-order chi connectivity index (χ0) is 13.3. The van der Waals surface area contributed by atoms with Crippen LogP contribution >= 0.6 is 12.6 Å². The molecular formula is C11H15N4NaO2S. The summed E-state index contributed by atoms with van der Waals surface area (Å²) in [7, 11) is 0. The van der Waals surface area contributed by atoms with E-state index in [9.17, 15) is 4.79 Å². The first kappa shape index (κ1) is 16.3. The van der Waals surface area contributed by atoms with Crippen LogP contribution in [0.5, 0.6) is 0 Å². The molecule has 0 unspecified atom stereocenters. The third-order valence-electron chi connectivity index (χ3n) is 1.98. The molecule has 2 aromatic rings. The van der Waals surface area contributed by atoms with Crippen molar-refractivity contribution in [2.45, 2.75) is 31.4 Å². The normalized spacial score (nSPS) is 10.9. The van der Waals surface area contributed by atoms with E-state index in [1.165, 1.54) is 10.7 Å². The Labute approximate surface area is 138 Å². The van der Waals surface area contributed by atoms with Crippen LogP contribution in [-0.2, 0) is 4.74 Å². The topological polar surface area (TPSA) is 68.5 Å². The average molecular weight is 290 g/mol. The molecule has 0 saturated carbocycles. The first-order valence-electron chi connectivity index (χ1n) is 5.39. The summed E-state index contributed by atoms with van der Waals surface area (Å²) in [4.78, 5) is 15.7. The molecule has 0 aromatic carbocycles. The van der Waals surface area contributed by atoms with Crippen LogP contribution in [0, 0.1) is 0 Å². The number of carbonyl (C=O) groups is 1. The number of fused-ring (bicyclic) bond motifs is 1. The van der Waals surface area contributed by atoms with Crippen LogP contribution in [0.1, 0.15) is 20.8 Å². The Morgan fingerprint density at radius 3 is 2.74 bits per heavy atom. The van der Waals surface area contributed by atoms with Crippen LogP contribution in [-0.4, -0.2) is 55.8 Å². The Morgan fingerprint density at radius 2 is 2.11 bits per heavy atom. The van der Waals surface area contributed by atoms with E-state index in [1.54, 1.807) is 32.9 Å². The SMILES string of the molecule is CC(C)(C)OC(=O)Nc1cnc2ccc(S)nn12.[NaH].